The summed E-state index contributed by atoms with van der Waals surface area (Å²) in [6.45, 7) is 8.81. The summed E-state index contributed by atoms with van der Waals surface area (Å²) in [7, 11) is 0. The minimum atomic E-state index is 0.0524. The van der Waals surface area contributed by atoms with Crippen molar-refractivity contribution in [2.45, 2.75) is 68.1 Å². The molecule has 1 aromatic rings. The second-order valence-corrected chi connectivity index (χ2v) is 10.2. The van der Waals surface area contributed by atoms with Crippen LogP contribution < -0.4 is 5.32 Å². The maximum atomic E-state index is 3.93. The lowest BCUT2D eigenvalue weighted by molar-refractivity contribution is 0.474. The Kier molecular flexibility index (Phi) is 5.87. The van der Waals surface area contributed by atoms with E-state index in [4.69, 9.17) is 0 Å². The van der Waals surface area contributed by atoms with Crippen LogP contribution in [0.25, 0.3) is 0 Å². The fourth-order valence-corrected chi connectivity index (χ4v) is 5.19. The van der Waals surface area contributed by atoms with Gasteiger partial charge in [-0.3, -0.25) is 0 Å². The Hall–Kier alpha value is 0.460. The van der Waals surface area contributed by atoms with E-state index in [1.165, 1.54) is 40.5 Å². The first-order valence-electron chi connectivity index (χ1n) is 7.55. The van der Waals surface area contributed by atoms with Crippen molar-refractivity contribution in [3.8, 4) is 0 Å². The largest absolute Gasteiger partial charge is 0.379 e. The molecule has 1 nitrogen and oxygen atoms in total. The molecule has 1 fully saturated rings. The molecule has 118 valence electrons. The summed E-state index contributed by atoms with van der Waals surface area (Å²) >= 11 is 11.5. The molecule has 0 spiro atoms. The molecular weight excluding hydrogens is 458 g/mol. The maximum Gasteiger partial charge on any atom is 0.0524 e. The Morgan fingerprint density at radius 2 is 1.81 bits per heavy atom. The molecule has 0 amide bonds. The van der Waals surface area contributed by atoms with E-state index in [1.54, 1.807) is 0 Å². The first kappa shape index (κ1) is 17.8. The zero-order valence-corrected chi connectivity index (χ0v) is 17.9. The van der Waals surface area contributed by atoms with E-state index in [2.05, 4.69) is 92.9 Å². The number of anilines is 1. The van der Waals surface area contributed by atoms with Gasteiger partial charge in [0.1, 0.15) is 0 Å². The number of nitrogens with one attached hydrogen (secondary N) is 1. The second kappa shape index (κ2) is 6.92. The molecule has 1 aromatic carbocycles. The summed E-state index contributed by atoms with van der Waals surface area (Å²) in [5.74, 6) is 0.546. The first-order chi connectivity index (χ1) is 9.69. The van der Waals surface area contributed by atoms with Gasteiger partial charge in [0.15, 0.2) is 0 Å². The lowest BCUT2D eigenvalue weighted by atomic mass is 9.82. The predicted octanol–water partition coefficient (Wildman–Crippen LogP) is 6.76. The highest BCUT2D eigenvalue weighted by Crippen LogP contribution is 2.45. The van der Waals surface area contributed by atoms with Gasteiger partial charge in [-0.25, -0.2) is 0 Å². The van der Waals surface area contributed by atoms with Crippen LogP contribution in [0.15, 0.2) is 16.6 Å². The Bertz CT molecular complexity index is 507. The van der Waals surface area contributed by atoms with Crippen molar-refractivity contribution in [3.05, 3.63) is 27.7 Å². The van der Waals surface area contributed by atoms with Crippen LogP contribution in [0.2, 0.25) is 0 Å². The number of halogens is 3. The lowest BCUT2D eigenvalue weighted by Crippen LogP contribution is -2.31. The van der Waals surface area contributed by atoms with Crippen LogP contribution in [0.5, 0.6) is 0 Å². The Morgan fingerprint density at radius 1 is 1.14 bits per heavy atom. The summed E-state index contributed by atoms with van der Waals surface area (Å²) in [5.41, 5.74) is 4.05. The smallest absolute Gasteiger partial charge is 0.0524 e. The minimum Gasteiger partial charge on any atom is -0.379 e. The number of hydrogen-bond donors (Lipinski definition) is 1. The molecule has 1 saturated carbocycles. The summed E-state index contributed by atoms with van der Waals surface area (Å²) in [5, 5.41) is 3.69. The van der Waals surface area contributed by atoms with Crippen LogP contribution in [0, 0.1) is 6.92 Å². The molecule has 1 aliphatic carbocycles. The van der Waals surface area contributed by atoms with Crippen molar-refractivity contribution >= 4 is 53.5 Å². The lowest BCUT2D eigenvalue weighted by Gasteiger charge is -2.35. The standard InChI is InChI=1S/C17H24Br3N/c1-10-8-12(11-6-5-7-13(18)15(11)20)16(14(19)9-10)21-17(2,3)4/h8-9,11,13,15,21H,5-7H2,1-4H3. The van der Waals surface area contributed by atoms with Crippen LogP contribution >= 0.6 is 47.8 Å². The molecule has 0 heterocycles. The normalized spacial score (nSPS) is 26.7. The molecule has 3 atom stereocenters. The molecule has 0 aliphatic heterocycles. The molecule has 1 N–H and O–H groups in total. The fraction of sp³-hybridized carbons (Fsp3) is 0.647. The van der Waals surface area contributed by atoms with Gasteiger partial charge in [0.25, 0.3) is 0 Å². The third kappa shape index (κ3) is 4.48. The number of hydrogen-bond acceptors (Lipinski definition) is 1. The van der Waals surface area contributed by atoms with Gasteiger partial charge in [0.05, 0.1) is 5.69 Å². The molecule has 4 heteroatoms. The topological polar surface area (TPSA) is 12.0 Å². The van der Waals surface area contributed by atoms with Gasteiger partial charge in [-0.1, -0.05) is 44.3 Å². The van der Waals surface area contributed by atoms with E-state index in [1.807, 2.05) is 0 Å². The highest BCUT2D eigenvalue weighted by atomic mass is 79.9. The van der Waals surface area contributed by atoms with Crippen molar-refractivity contribution in [2.75, 3.05) is 5.32 Å². The van der Waals surface area contributed by atoms with Gasteiger partial charge >= 0.3 is 0 Å². The Labute approximate surface area is 154 Å². The highest BCUT2D eigenvalue weighted by Gasteiger charge is 2.33. The zero-order chi connectivity index (χ0) is 15.8. The van der Waals surface area contributed by atoms with Gasteiger partial charge in [-0.15, -0.1) is 0 Å². The van der Waals surface area contributed by atoms with Crippen LogP contribution in [0.3, 0.4) is 0 Å². The average molecular weight is 482 g/mol. The second-order valence-electron chi connectivity index (χ2n) is 7.08. The minimum absolute atomic E-state index is 0.0524. The summed E-state index contributed by atoms with van der Waals surface area (Å²) < 4.78 is 1.17. The van der Waals surface area contributed by atoms with Crippen molar-refractivity contribution in [1.29, 1.82) is 0 Å². The predicted molar refractivity (Wildman–Crippen MR) is 104 cm³/mol. The molecule has 2 rings (SSSR count). The molecular formula is C17H24Br3N. The van der Waals surface area contributed by atoms with Crippen LogP contribution in [0.4, 0.5) is 5.69 Å². The van der Waals surface area contributed by atoms with E-state index in [0.29, 0.717) is 15.6 Å². The van der Waals surface area contributed by atoms with E-state index in [0.717, 1.165) is 0 Å². The molecule has 0 saturated heterocycles. The Balaban J connectivity index is 2.45. The molecule has 21 heavy (non-hydrogen) atoms. The van der Waals surface area contributed by atoms with E-state index in [9.17, 15) is 0 Å². The van der Waals surface area contributed by atoms with Gasteiger partial charge in [-0.05, 0) is 79.6 Å². The first-order valence-corrected chi connectivity index (χ1v) is 10.2. The maximum absolute atomic E-state index is 3.93. The molecule has 0 aromatic heterocycles. The third-order valence-corrected chi connectivity index (χ3v) is 7.53. The molecule has 0 bridgehead atoms. The summed E-state index contributed by atoms with van der Waals surface area (Å²) in [6, 6.07) is 4.55. The zero-order valence-electron chi connectivity index (χ0n) is 13.1. The highest BCUT2D eigenvalue weighted by molar-refractivity contribution is 9.12. The average Bonchev–Trinajstić information content (AvgIpc) is 2.35. The van der Waals surface area contributed by atoms with Gasteiger partial charge in [0, 0.05) is 19.7 Å². The van der Waals surface area contributed by atoms with E-state index < -0.39 is 0 Å². The quantitative estimate of drug-likeness (QED) is 0.460. The van der Waals surface area contributed by atoms with Crippen molar-refractivity contribution in [3.63, 3.8) is 0 Å². The Morgan fingerprint density at radius 3 is 2.43 bits per heavy atom. The third-order valence-electron chi connectivity index (χ3n) is 3.89. The fourth-order valence-electron chi connectivity index (χ4n) is 3.00. The monoisotopic (exact) mass is 479 g/mol. The van der Waals surface area contributed by atoms with E-state index in [-0.39, 0.29) is 5.54 Å². The van der Waals surface area contributed by atoms with Crippen molar-refractivity contribution in [2.24, 2.45) is 0 Å². The van der Waals surface area contributed by atoms with E-state index >= 15 is 0 Å². The molecule has 1 aliphatic rings. The number of aryl methyl sites for hydroxylation is 1. The van der Waals surface area contributed by atoms with Crippen LogP contribution in [0.1, 0.15) is 57.1 Å². The van der Waals surface area contributed by atoms with Crippen molar-refractivity contribution in [1.82, 2.24) is 0 Å². The number of rotatable bonds is 2. The summed E-state index contributed by atoms with van der Waals surface area (Å²) in [6.07, 6.45) is 3.78. The summed E-state index contributed by atoms with van der Waals surface area (Å²) in [4.78, 5) is 1.04. The van der Waals surface area contributed by atoms with Gasteiger partial charge in [-0.2, -0.15) is 0 Å². The molecule has 3 unspecified atom stereocenters. The SMILES string of the molecule is Cc1cc(Br)c(NC(C)(C)C)c(C2CCCC(Br)C2Br)c1. The molecule has 0 radical (unpaired) electrons. The van der Waals surface area contributed by atoms with Crippen molar-refractivity contribution < 1.29 is 0 Å². The van der Waals surface area contributed by atoms with Crippen LogP contribution in [-0.2, 0) is 0 Å². The van der Waals surface area contributed by atoms with Gasteiger partial charge < -0.3 is 5.32 Å². The number of benzene rings is 1. The number of alkyl halides is 2. The van der Waals surface area contributed by atoms with Crippen LogP contribution in [-0.4, -0.2) is 15.2 Å². The van der Waals surface area contributed by atoms with Gasteiger partial charge in [0.2, 0.25) is 0 Å².